The molecule has 0 saturated heterocycles. The van der Waals surface area contributed by atoms with E-state index in [4.69, 9.17) is 4.74 Å². The number of aromatic nitrogens is 1. The van der Waals surface area contributed by atoms with Gasteiger partial charge < -0.3 is 4.74 Å². The minimum absolute atomic E-state index is 0.00408. The van der Waals surface area contributed by atoms with Gasteiger partial charge in [-0.25, -0.2) is 18.2 Å². The Morgan fingerprint density at radius 1 is 1.23 bits per heavy atom. The molecule has 1 heterocycles. The summed E-state index contributed by atoms with van der Waals surface area (Å²) in [7, 11) is -3.12. The first-order chi connectivity index (χ1) is 12.2. The zero-order valence-electron chi connectivity index (χ0n) is 14.8. The molecule has 2 rings (SSSR count). The maximum absolute atomic E-state index is 12.1. The van der Waals surface area contributed by atoms with Crippen molar-refractivity contribution in [3.05, 3.63) is 46.5 Å². The van der Waals surface area contributed by atoms with Crippen molar-refractivity contribution in [3.63, 3.8) is 0 Å². The molecule has 0 aliphatic carbocycles. The first-order valence-electron chi connectivity index (χ1n) is 7.86. The molecule has 0 unspecified atom stereocenters. The van der Waals surface area contributed by atoms with Crippen LogP contribution >= 0.6 is 11.3 Å². The number of amides is 1. The molecule has 1 amide bonds. The standard InChI is InChI=1S/C17H20N2O5S2/c1-4-19(12(2)20)17-18-15(10-25-17)9-24-16(21)14-7-5-13(6-8-14)11-26(3,22)23/h5-8,10H,4,9,11H2,1-3H3. The van der Waals surface area contributed by atoms with Gasteiger partial charge in [-0.3, -0.25) is 9.69 Å². The van der Waals surface area contributed by atoms with Crippen LogP contribution in [0.2, 0.25) is 0 Å². The molecule has 0 aliphatic heterocycles. The molecule has 9 heteroatoms. The average Bonchev–Trinajstić information content (AvgIpc) is 3.00. The van der Waals surface area contributed by atoms with Gasteiger partial charge in [-0.05, 0) is 24.6 Å². The van der Waals surface area contributed by atoms with Crippen molar-refractivity contribution in [2.24, 2.45) is 0 Å². The van der Waals surface area contributed by atoms with Crippen molar-refractivity contribution in [1.29, 1.82) is 0 Å². The van der Waals surface area contributed by atoms with E-state index in [-0.39, 0.29) is 18.3 Å². The van der Waals surface area contributed by atoms with Gasteiger partial charge in [0.2, 0.25) is 5.91 Å². The van der Waals surface area contributed by atoms with Gasteiger partial charge in [-0.1, -0.05) is 12.1 Å². The lowest BCUT2D eigenvalue weighted by atomic mass is 10.1. The fourth-order valence-electron chi connectivity index (χ4n) is 2.24. The Balaban J connectivity index is 1.96. The first-order valence-corrected chi connectivity index (χ1v) is 10.8. The summed E-state index contributed by atoms with van der Waals surface area (Å²) in [4.78, 5) is 29.5. The van der Waals surface area contributed by atoms with Crippen LogP contribution in [0.5, 0.6) is 0 Å². The molecule has 1 aromatic heterocycles. The molecule has 2 aromatic rings. The SMILES string of the molecule is CCN(C(C)=O)c1nc(COC(=O)c2ccc(CS(C)(=O)=O)cc2)cs1. The van der Waals surface area contributed by atoms with Crippen LogP contribution in [0.25, 0.3) is 0 Å². The number of nitrogens with zero attached hydrogens (tertiary/aromatic N) is 2. The number of hydrogen-bond acceptors (Lipinski definition) is 7. The van der Waals surface area contributed by atoms with E-state index in [2.05, 4.69) is 4.98 Å². The highest BCUT2D eigenvalue weighted by molar-refractivity contribution is 7.89. The molecule has 0 bridgehead atoms. The van der Waals surface area contributed by atoms with Crippen LogP contribution < -0.4 is 4.90 Å². The van der Waals surface area contributed by atoms with E-state index in [1.165, 1.54) is 35.3 Å². The first kappa shape index (κ1) is 20.1. The van der Waals surface area contributed by atoms with E-state index >= 15 is 0 Å². The van der Waals surface area contributed by atoms with E-state index in [1.807, 2.05) is 6.92 Å². The summed E-state index contributed by atoms with van der Waals surface area (Å²) in [6.45, 7) is 3.84. The third kappa shape index (κ3) is 5.63. The molecular weight excluding hydrogens is 376 g/mol. The second-order valence-electron chi connectivity index (χ2n) is 5.73. The van der Waals surface area contributed by atoms with Crippen molar-refractivity contribution in [2.45, 2.75) is 26.2 Å². The summed E-state index contributed by atoms with van der Waals surface area (Å²) < 4.78 is 27.8. The van der Waals surface area contributed by atoms with Gasteiger partial charge in [0.25, 0.3) is 0 Å². The molecule has 26 heavy (non-hydrogen) atoms. The van der Waals surface area contributed by atoms with Crippen LogP contribution in [0.1, 0.15) is 35.5 Å². The van der Waals surface area contributed by atoms with Gasteiger partial charge in [0.05, 0.1) is 17.0 Å². The summed E-state index contributed by atoms with van der Waals surface area (Å²) in [6, 6.07) is 6.24. The second kappa shape index (κ2) is 8.41. The second-order valence-corrected chi connectivity index (χ2v) is 8.70. The van der Waals surface area contributed by atoms with E-state index < -0.39 is 15.8 Å². The summed E-state index contributed by atoms with van der Waals surface area (Å²) in [5.74, 6) is -0.697. The molecule has 0 spiro atoms. The number of esters is 1. The number of ether oxygens (including phenoxy) is 1. The van der Waals surface area contributed by atoms with Crippen molar-refractivity contribution in [1.82, 2.24) is 4.98 Å². The number of carbonyl (C=O) groups is 2. The predicted octanol–water partition coefficient (Wildman–Crippen LogP) is 2.42. The van der Waals surface area contributed by atoms with Gasteiger partial charge in [-0.2, -0.15) is 0 Å². The van der Waals surface area contributed by atoms with Gasteiger partial charge in [0.1, 0.15) is 6.61 Å². The zero-order valence-corrected chi connectivity index (χ0v) is 16.4. The lowest BCUT2D eigenvalue weighted by molar-refractivity contribution is -0.116. The van der Waals surface area contributed by atoms with Crippen molar-refractivity contribution < 1.29 is 22.7 Å². The highest BCUT2D eigenvalue weighted by Gasteiger charge is 2.15. The van der Waals surface area contributed by atoms with E-state index in [0.717, 1.165) is 6.26 Å². The number of anilines is 1. The Hall–Kier alpha value is -2.26. The molecule has 140 valence electrons. The molecule has 0 N–H and O–H groups in total. The van der Waals surface area contributed by atoms with Gasteiger partial charge >= 0.3 is 5.97 Å². The molecular formula is C17H20N2O5S2. The van der Waals surface area contributed by atoms with Crippen LogP contribution in [0.3, 0.4) is 0 Å². The molecule has 0 radical (unpaired) electrons. The summed E-state index contributed by atoms with van der Waals surface area (Å²) in [5, 5.41) is 2.31. The van der Waals surface area contributed by atoms with Crippen LogP contribution in [0.15, 0.2) is 29.6 Å². The van der Waals surface area contributed by atoms with E-state index in [1.54, 1.807) is 17.5 Å². The fourth-order valence-corrected chi connectivity index (χ4v) is 3.96. The van der Waals surface area contributed by atoms with Gasteiger partial charge in [0.15, 0.2) is 15.0 Å². The maximum atomic E-state index is 12.1. The third-order valence-corrected chi connectivity index (χ3v) is 5.21. The van der Waals surface area contributed by atoms with E-state index in [9.17, 15) is 18.0 Å². The van der Waals surface area contributed by atoms with Gasteiger partial charge in [-0.15, -0.1) is 11.3 Å². The molecule has 0 atom stereocenters. The average molecular weight is 396 g/mol. The number of thiazole rings is 1. The topological polar surface area (TPSA) is 93.6 Å². The Bertz CT molecular complexity index is 888. The van der Waals surface area contributed by atoms with Crippen LogP contribution in [-0.2, 0) is 31.7 Å². The summed E-state index contributed by atoms with van der Waals surface area (Å²) in [6.07, 6.45) is 1.16. The lowest BCUT2D eigenvalue weighted by Gasteiger charge is -2.14. The lowest BCUT2D eigenvalue weighted by Crippen LogP contribution is -2.27. The molecule has 1 aromatic carbocycles. The number of sulfone groups is 1. The normalized spacial score (nSPS) is 11.2. The maximum Gasteiger partial charge on any atom is 0.338 e. The highest BCUT2D eigenvalue weighted by Crippen LogP contribution is 2.21. The monoisotopic (exact) mass is 396 g/mol. The van der Waals surface area contributed by atoms with E-state index in [0.29, 0.717) is 28.5 Å². The Labute approximate surface area is 156 Å². The zero-order chi connectivity index (χ0) is 19.3. The molecule has 0 saturated carbocycles. The molecule has 7 nitrogen and oxygen atoms in total. The molecule has 0 aliphatic rings. The minimum atomic E-state index is -3.12. The predicted molar refractivity (Wildman–Crippen MR) is 99.9 cm³/mol. The number of hydrogen-bond donors (Lipinski definition) is 0. The van der Waals surface area contributed by atoms with Crippen LogP contribution in [0, 0.1) is 0 Å². The number of benzene rings is 1. The van der Waals surface area contributed by atoms with Crippen LogP contribution in [-0.4, -0.2) is 38.1 Å². The largest absolute Gasteiger partial charge is 0.456 e. The van der Waals surface area contributed by atoms with Gasteiger partial charge in [0, 0.05) is 25.1 Å². The fraction of sp³-hybridized carbons (Fsp3) is 0.353. The number of rotatable bonds is 7. The Morgan fingerprint density at radius 2 is 1.88 bits per heavy atom. The minimum Gasteiger partial charge on any atom is -0.456 e. The van der Waals surface area contributed by atoms with Crippen LogP contribution in [0.4, 0.5) is 5.13 Å². The van der Waals surface area contributed by atoms with Crippen molar-refractivity contribution in [3.8, 4) is 0 Å². The van der Waals surface area contributed by atoms with Crippen molar-refractivity contribution in [2.75, 3.05) is 17.7 Å². The molecule has 0 fully saturated rings. The third-order valence-electron chi connectivity index (χ3n) is 3.44. The summed E-state index contributed by atoms with van der Waals surface area (Å²) in [5.41, 5.74) is 1.50. The smallest absolute Gasteiger partial charge is 0.338 e. The number of carbonyl (C=O) groups excluding carboxylic acids is 2. The highest BCUT2D eigenvalue weighted by atomic mass is 32.2. The van der Waals surface area contributed by atoms with Crippen molar-refractivity contribution >= 4 is 38.2 Å². The Morgan fingerprint density at radius 3 is 2.42 bits per heavy atom. The quantitative estimate of drug-likeness (QED) is 0.667. The Kier molecular flexibility index (Phi) is 6.49. The summed E-state index contributed by atoms with van der Waals surface area (Å²) >= 11 is 1.31.